The van der Waals surface area contributed by atoms with Gasteiger partial charge in [-0.05, 0) is 80.1 Å². The fraction of sp³-hybridized carbons (Fsp3) is 0.125. The van der Waals surface area contributed by atoms with Crippen LogP contribution in [0.4, 0.5) is 22.9 Å². The van der Waals surface area contributed by atoms with Gasteiger partial charge in [-0.25, -0.2) is 15.0 Å². The second kappa shape index (κ2) is 10.3. The number of rotatable bonds is 5. The van der Waals surface area contributed by atoms with Crippen LogP contribution in [0.1, 0.15) is 29.8 Å². The van der Waals surface area contributed by atoms with E-state index in [1.54, 1.807) is 6.20 Å². The van der Waals surface area contributed by atoms with Crippen molar-refractivity contribution in [3.8, 4) is 11.6 Å². The van der Waals surface area contributed by atoms with Crippen molar-refractivity contribution in [2.24, 2.45) is 9.98 Å². The van der Waals surface area contributed by atoms with Gasteiger partial charge in [-0.1, -0.05) is 46.3 Å². The number of hydrogen-bond donors (Lipinski definition) is 1. The topological polar surface area (TPSA) is 79.9 Å². The van der Waals surface area contributed by atoms with Crippen molar-refractivity contribution in [1.82, 2.24) is 14.8 Å². The minimum atomic E-state index is -0.207. The summed E-state index contributed by atoms with van der Waals surface area (Å²) < 4.78 is 8.47. The first-order valence-electron chi connectivity index (χ1n) is 13.4. The van der Waals surface area contributed by atoms with Gasteiger partial charge < -0.3 is 15.0 Å². The van der Waals surface area contributed by atoms with Crippen molar-refractivity contribution >= 4 is 50.5 Å². The maximum Gasteiger partial charge on any atom is 0.179 e. The Kier molecular flexibility index (Phi) is 6.36. The summed E-state index contributed by atoms with van der Waals surface area (Å²) in [4.78, 5) is 17.2. The molecule has 5 aromatic rings. The monoisotopic (exact) mass is 603 g/mol. The van der Waals surface area contributed by atoms with Crippen molar-refractivity contribution in [1.29, 1.82) is 0 Å². The lowest BCUT2D eigenvalue weighted by molar-refractivity contribution is 0.340. The van der Waals surface area contributed by atoms with E-state index in [0.29, 0.717) is 24.1 Å². The summed E-state index contributed by atoms with van der Waals surface area (Å²) in [6.45, 7) is 4.63. The van der Waals surface area contributed by atoms with Gasteiger partial charge in [0, 0.05) is 21.9 Å². The number of amidine groups is 2. The number of halogens is 1. The number of benzene rings is 3. The first kappa shape index (κ1) is 25.2. The molecule has 0 unspecified atom stereocenters. The lowest BCUT2D eigenvalue weighted by Crippen LogP contribution is -2.46. The van der Waals surface area contributed by atoms with Crippen molar-refractivity contribution in [3.63, 3.8) is 0 Å². The molecule has 41 heavy (non-hydrogen) atoms. The highest BCUT2D eigenvalue weighted by Crippen LogP contribution is 2.48. The second-order valence-electron chi connectivity index (χ2n) is 9.72. The van der Waals surface area contributed by atoms with Crippen molar-refractivity contribution in [2.75, 3.05) is 16.8 Å². The third-order valence-corrected chi connectivity index (χ3v) is 7.59. The third kappa shape index (κ3) is 4.48. The van der Waals surface area contributed by atoms with Crippen LogP contribution >= 0.6 is 15.9 Å². The smallest absolute Gasteiger partial charge is 0.179 e. The van der Waals surface area contributed by atoms with Gasteiger partial charge in [0.25, 0.3) is 0 Å². The standard InChI is InChI=1S/C32H26BrN7O/c1-3-41-24-16-14-23(15-17-24)35-30-32-37-31-28(20(2)38-40(31)27-13-6-7-18-34-27)29(21-9-8-10-22(33)19-21)39(32)26-12-5-4-11-25(26)36-30/h4-19,29H,3H2,1-2H3,(H,35,36)/t29-/m0/s1. The van der Waals surface area contributed by atoms with Crippen molar-refractivity contribution in [2.45, 2.75) is 19.9 Å². The van der Waals surface area contributed by atoms with Gasteiger partial charge in [-0.15, -0.1) is 0 Å². The zero-order valence-corrected chi connectivity index (χ0v) is 24.1. The maximum atomic E-state index is 5.64. The number of aromatic nitrogens is 3. The summed E-state index contributed by atoms with van der Waals surface area (Å²) in [7, 11) is 0. The minimum Gasteiger partial charge on any atom is -0.494 e. The Morgan fingerprint density at radius 2 is 1.76 bits per heavy atom. The Morgan fingerprint density at radius 3 is 2.54 bits per heavy atom. The fourth-order valence-corrected chi connectivity index (χ4v) is 5.78. The molecule has 1 atom stereocenters. The van der Waals surface area contributed by atoms with Crippen LogP contribution < -0.4 is 15.0 Å². The molecule has 3 aromatic carbocycles. The Bertz CT molecular complexity index is 1810. The summed E-state index contributed by atoms with van der Waals surface area (Å²) in [5.74, 6) is 3.60. The van der Waals surface area contributed by atoms with Gasteiger partial charge in [-0.3, -0.25) is 0 Å². The van der Waals surface area contributed by atoms with E-state index in [1.807, 2.05) is 85.3 Å². The highest BCUT2D eigenvalue weighted by molar-refractivity contribution is 9.10. The number of hydrogen-bond acceptors (Lipinski definition) is 7. The van der Waals surface area contributed by atoms with E-state index in [2.05, 4.69) is 55.4 Å². The first-order valence-corrected chi connectivity index (χ1v) is 14.2. The number of fused-ring (bicyclic) bond motifs is 4. The number of pyridine rings is 1. The molecule has 0 bridgehead atoms. The van der Waals surface area contributed by atoms with Gasteiger partial charge in [0.15, 0.2) is 23.3 Å². The molecule has 7 rings (SSSR count). The molecular formula is C32H26BrN7O. The molecule has 202 valence electrons. The molecule has 9 heteroatoms. The molecule has 8 nitrogen and oxygen atoms in total. The minimum absolute atomic E-state index is 0.207. The summed E-state index contributed by atoms with van der Waals surface area (Å²) >= 11 is 3.70. The van der Waals surface area contributed by atoms with Crippen LogP contribution in [0.25, 0.3) is 5.82 Å². The average Bonchev–Trinajstić information content (AvgIpc) is 3.33. The number of nitrogens with zero attached hydrogens (tertiary/aromatic N) is 6. The van der Waals surface area contributed by atoms with Crippen LogP contribution in [0.2, 0.25) is 0 Å². The summed E-state index contributed by atoms with van der Waals surface area (Å²) in [6, 6.07) is 30.0. The predicted molar refractivity (Wildman–Crippen MR) is 166 cm³/mol. The van der Waals surface area contributed by atoms with Crippen LogP contribution in [0.15, 0.2) is 112 Å². The molecule has 4 heterocycles. The fourth-order valence-electron chi connectivity index (χ4n) is 5.37. The largest absolute Gasteiger partial charge is 0.494 e. The van der Waals surface area contributed by atoms with Gasteiger partial charge in [0.05, 0.1) is 29.7 Å². The number of ether oxygens (including phenoxy) is 1. The molecule has 2 aromatic heterocycles. The highest BCUT2D eigenvalue weighted by Gasteiger charge is 2.41. The Hall–Kier alpha value is -4.76. The number of para-hydroxylation sites is 2. The highest BCUT2D eigenvalue weighted by atomic mass is 79.9. The van der Waals surface area contributed by atoms with Gasteiger partial charge in [0.1, 0.15) is 5.75 Å². The lowest BCUT2D eigenvalue weighted by atomic mass is 9.93. The van der Waals surface area contributed by atoms with E-state index in [-0.39, 0.29) is 6.04 Å². The maximum absolute atomic E-state index is 5.64. The van der Waals surface area contributed by atoms with E-state index in [9.17, 15) is 0 Å². The number of anilines is 2. The van der Waals surface area contributed by atoms with Gasteiger partial charge in [0.2, 0.25) is 0 Å². The normalized spacial score (nSPS) is 15.3. The van der Waals surface area contributed by atoms with E-state index in [1.165, 1.54) is 0 Å². The van der Waals surface area contributed by atoms with Gasteiger partial charge >= 0.3 is 0 Å². The molecule has 0 fully saturated rings. The SMILES string of the molecule is CCOc1ccc(NC2=Nc3ccccc3N3C2=Nc2c(c(C)nn2-c2ccccn2)[C@@H]3c2cccc(Br)c2)cc1. The molecule has 2 aliphatic rings. The van der Waals surface area contributed by atoms with Crippen molar-refractivity contribution in [3.05, 3.63) is 118 Å². The van der Waals surface area contributed by atoms with E-state index in [0.717, 1.165) is 49.9 Å². The quantitative estimate of drug-likeness (QED) is 0.224. The van der Waals surface area contributed by atoms with Crippen LogP contribution in [0.5, 0.6) is 5.75 Å². The molecule has 0 spiro atoms. The van der Waals surface area contributed by atoms with Crippen LogP contribution in [0, 0.1) is 6.92 Å². The average molecular weight is 605 g/mol. The van der Waals surface area contributed by atoms with Crippen LogP contribution in [-0.4, -0.2) is 33.0 Å². The van der Waals surface area contributed by atoms with E-state index in [4.69, 9.17) is 19.8 Å². The molecule has 0 saturated heterocycles. The Morgan fingerprint density at radius 1 is 0.927 bits per heavy atom. The Balaban J connectivity index is 1.45. The molecule has 2 aliphatic heterocycles. The zero-order valence-electron chi connectivity index (χ0n) is 22.5. The van der Waals surface area contributed by atoms with Gasteiger partial charge in [-0.2, -0.15) is 9.78 Å². The van der Waals surface area contributed by atoms with Crippen LogP contribution in [-0.2, 0) is 0 Å². The first-order chi connectivity index (χ1) is 20.1. The van der Waals surface area contributed by atoms with Crippen molar-refractivity contribution < 1.29 is 4.74 Å². The van der Waals surface area contributed by atoms with E-state index >= 15 is 0 Å². The zero-order chi connectivity index (χ0) is 27.9. The number of aliphatic imine (C=N–C) groups is 2. The molecule has 0 radical (unpaired) electrons. The second-order valence-corrected chi connectivity index (χ2v) is 10.6. The third-order valence-electron chi connectivity index (χ3n) is 7.10. The molecule has 0 aliphatic carbocycles. The predicted octanol–water partition coefficient (Wildman–Crippen LogP) is 7.53. The summed E-state index contributed by atoms with van der Waals surface area (Å²) in [6.07, 6.45) is 1.77. The number of nitrogens with one attached hydrogen (secondary N) is 1. The molecule has 0 amide bonds. The molecule has 1 N–H and O–H groups in total. The Labute approximate surface area is 246 Å². The number of aryl methyl sites for hydroxylation is 1. The van der Waals surface area contributed by atoms with E-state index < -0.39 is 0 Å². The molecule has 0 saturated carbocycles. The molecular weight excluding hydrogens is 578 g/mol. The summed E-state index contributed by atoms with van der Waals surface area (Å²) in [5.41, 5.74) is 5.73. The van der Waals surface area contributed by atoms with Crippen LogP contribution in [0.3, 0.4) is 0 Å². The lowest BCUT2D eigenvalue weighted by Gasteiger charge is -2.40. The summed E-state index contributed by atoms with van der Waals surface area (Å²) in [5, 5.41) is 8.48.